The molecule has 0 fully saturated rings. The molecule has 2 unspecified atom stereocenters. The molecular formula is C17H24N2. The number of pyridine rings is 1. The Kier molecular flexibility index (Phi) is 4.54. The van der Waals surface area contributed by atoms with Crippen molar-refractivity contribution in [3.63, 3.8) is 0 Å². The molecule has 1 aromatic carbocycles. The minimum absolute atomic E-state index is 0.553. The summed E-state index contributed by atoms with van der Waals surface area (Å²) in [7, 11) is 0. The third-order valence-electron chi connectivity index (χ3n) is 4.02. The highest BCUT2D eigenvalue weighted by Gasteiger charge is 2.09. The van der Waals surface area contributed by atoms with E-state index in [1.54, 1.807) is 0 Å². The fraction of sp³-hybridized carbons (Fsp3) is 0.471. The monoisotopic (exact) mass is 256 g/mol. The quantitative estimate of drug-likeness (QED) is 0.872. The smallest absolute Gasteiger partial charge is 0.0705 e. The van der Waals surface area contributed by atoms with E-state index in [9.17, 15) is 0 Å². The maximum Gasteiger partial charge on any atom is 0.0705 e. The Morgan fingerprint density at radius 3 is 2.68 bits per heavy atom. The summed E-state index contributed by atoms with van der Waals surface area (Å²) >= 11 is 0. The van der Waals surface area contributed by atoms with E-state index in [0.717, 1.165) is 17.8 Å². The molecule has 1 aromatic heterocycles. The lowest BCUT2D eigenvalue weighted by Gasteiger charge is -2.20. The Balaban J connectivity index is 2.07. The van der Waals surface area contributed by atoms with Crippen molar-refractivity contribution < 1.29 is 0 Å². The molecule has 0 amide bonds. The number of rotatable bonds is 5. The molecule has 2 aromatic rings. The highest BCUT2D eigenvalue weighted by molar-refractivity contribution is 5.79. The summed E-state index contributed by atoms with van der Waals surface area (Å²) in [6.45, 7) is 9.76. The summed E-state index contributed by atoms with van der Waals surface area (Å²) in [4.78, 5) is 4.53. The van der Waals surface area contributed by atoms with Crippen molar-refractivity contribution in [2.75, 3.05) is 0 Å². The lowest BCUT2D eigenvalue weighted by Crippen LogP contribution is -2.31. The van der Waals surface area contributed by atoms with Crippen molar-refractivity contribution in [3.8, 4) is 0 Å². The van der Waals surface area contributed by atoms with E-state index in [1.165, 1.54) is 17.4 Å². The van der Waals surface area contributed by atoms with Crippen molar-refractivity contribution in [2.24, 2.45) is 5.92 Å². The first-order chi connectivity index (χ1) is 9.10. The van der Waals surface area contributed by atoms with Crippen LogP contribution in [-0.2, 0) is 6.54 Å². The summed E-state index contributed by atoms with van der Waals surface area (Å²) in [5, 5.41) is 4.83. The minimum atomic E-state index is 0.553. The fourth-order valence-electron chi connectivity index (χ4n) is 2.22. The van der Waals surface area contributed by atoms with Crippen LogP contribution in [0.5, 0.6) is 0 Å². The third-order valence-corrected chi connectivity index (χ3v) is 4.02. The molecule has 2 rings (SSSR count). The van der Waals surface area contributed by atoms with Crippen LogP contribution in [0, 0.1) is 12.8 Å². The molecule has 2 nitrogen and oxygen atoms in total. The van der Waals surface area contributed by atoms with Gasteiger partial charge in [0, 0.05) is 23.7 Å². The fourth-order valence-corrected chi connectivity index (χ4v) is 2.22. The topological polar surface area (TPSA) is 24.9 Å². The Bertz CT molecular complexity index is 548. The predicted molar refractivity (Wildman–Crippen MR) is 82.2 cm³/mol. The van der Waals surface area contributed by atoms with E-state index in [4.69, 9.17) is 0 Å². The van der Waals surface area contributed by atoms with Crippen molar-refractivity contribution in [1.29, 1.82) is 0 Å². The number of hydrogen-bond donors (Lipinski definition) is 1. The van der Waals surface area contributed by atoms with Crippen LogP contribution in [0.4, 0.5) is 0 Å². The molecule has 0 aliphatic carbocycles. The molecule has 0 aliphatic rings. The second-order valence-corrected chi connectivity index (χ2v) is 5.53. The summed E-state index contributed by atoms with van der Waals surface area (Å²) < 4.78 is 0. The van der Waals surface area contributed by atoms with Crippen molar-refractivity contribution in [1.82, 2.24) is 10.3 Å². The first-order valence-electron chi connectivity index (χ1n) is 7.20. The van der Waals surface area contributed by atoms with E-state index in [-0.39, 0.29) is 0 Å². The minimum Gasteiger partial charge on any atom is -0.310 e. The van der Waals surface area contributed by atoms with E-state index >= 15 is 0 Å². The van der Waals surface area contributed by atoms with Crippen LogP contribution in [0.2, 0.25) is 0 Å². The SMILES string of the molecule is CCC(C)C(C)NCc1ccc2nc(C)ccc2c1. The second-order valence-electron chi connectivity index (χ2n) is 5.53. The van der Waals surface area contributed by atoms with Crippen LogP contribution in [0.25, 0.3) is 10.9 Å². The van der Waals surface area contributed by atoms with Gasteiger partial charge in [0.05, 0.1) is 5.52 Å². The lowest BCUT2D eigenvalue weighted by atomic mass is 10.0. The van der Waals surface area contributed by atoms with E-state index < -0.39 is 0 Å². The zero-order valence-corrected chi connectivity index (χ0v) is 12.4. The number of aryl methyl sites for hydroxylation is 1. The van der Waals surface area contributed by atoms with Crippen LogP contribution in [-0.4, -0.2) is 11.0 Å². The molecule has 0 saturated heterocycles. The number of aromatic nitrogens is 1. The van der Waals surface area contributed by atoms with Gasteiger partial charge in [-0.05, 0) is 43.5 Å². The van der Waals surface area contributed by atoms with Crippen molar-refractivity contribution in [3.05, 3.63) is 41.6 Å². The molecule has 0 bridgehead atoms. The van der Waals surface area contributed by atoms with E-state index in [1.807, 2.05) is 6.92 Å². The van der Waals surface area contributed by atoms with Crippen LogP contribution < -0.4 is 5.32 Å². The highest BCUT2D eigenvalue weighted by atomic mass is 14.9. The Morgan fingerprint density at radius 1 is 1.16 bits per heavy atom. The average Bonchev–Trinajstić information content (AvgIpc) is 2.43. The van der Waals surface area contributed by atoms with Gasteiger partial charge in [0.25, 0.3) is 0 Å². The molecule has 2 heteroatoms. The molecule has 0 aliphatic heterocycles. The Morgan fingerprint density at radius 2 is 1.95 bits per heavy atom. The molecule has 0 radical (unpaired) electrons. The summed E-state index contributed by atoms with van der Waals surface area (Å²) in [6.07, 6.45) is 1.22. The van der Waals surface area contributed by atoms with Gasteiger partial charge < -0.3 is 5.32 Å². The molecule has 19 heavy (non-hydrogen) atoms. The van der Waals surface area contributed by atoms with Gasteiger partial charge in [0.2, 0.25) is 0 Å². The summed E-state index contributed by atoms with van der Waals surface area (Å²) in [6, 6.07) is 11.3. The molecule has 1 heterocycles. The molecular weight excluding hydrogens is 232 g/mol. The maximum atomic E-state index is 4.53. The van der Waals surface area contributed by atoms with Gasteiger partial charge in [-0.15, -0.1) is 0 Å². The van der Waals surface area contributed by atoms with Crippen molar-refractivity contribution >= 4 is 10.9 Å². The van der Waals surface area contributed by atoms with Gasteiger partial charge in [-0.2, -0.15) is 0 Å². The molecule has 2 atom stereocenters. The van der Waals surface area contributed by atoms with Gasteiger partial charge in [-0.25, -0.2) is 0 Å². The van der Waals surface area contributed by atoms with Crippen LogP contribution in [0.1, 0.15) is 38.4 Å². The first-order valence-corrected chi connectivity index (χ1v) is 7.20. The number of nitrogens with zero attached hydrogens (tertiary/aromatic N) is 1. The van der Waals surface area contributed by atoms with Gasteiger partial charge in [0.15, 0.2) is 0 Å². The normalized spacial score (nSPS) is 14.5. The van der Waals surface area contributed by atoms with Crippen LogP contribution in [0.3, 0.4) is 0 Å². The third kappa shape index (κ3) is 3.54. The van der Waals surface area contributed by atoms with Gasteiger partial charge in [0.1, 0.15) is 0 Å². The zero-order chi connectivity index (χ0) is 13.8. The second kappa shape index (κ2) is 6.16. The van der Waals surface area contributed by atoms with Gasteiger partial charge in [-0.3, -0.25) is 4.98 Å². The summed E-state index contributed by atoms with van der Waals surface area (Å²) in [5.41, 5.74) is 3.48. The summed E-state index contributed by atoms with van der Waals surface area (Å²) in [5.74, 6) is 0.713. The lowest BCUT2D eigenvalue weighted by molar-refractivity contribution is 0.389. The zero-order valence-electron chi connectivity index (χ0n) is 12.4. The standard InChI is InChI=1S/C17H24N2/c1-5-12(2)14(4)18-11-15-7-9-17-16(10-15)8-6-13(3)19-17/h6-10,12,14,18H,5,11H2,1-4H3. The Hall–Kier alpha value is -1.41. The number of hydrogen-bond acceptors (Lipinski definition) is 2. The molecule has 0 saturated carbocycles. The van der Waals surface area contributed by atoms with Gasteiger partial charge >= 0.3 is 0 Å². The van der Waals surface area contributed by atoms with Crippen molar-refractivity contribution in [2.45, 2.75) is 46.7 Å². The van der Waals surface area contributed by atoms with Gasteiger partial charge in [-0.1, -0.05) is 32.4 Å². The average molecular weight is 256 g/mol. The highest BCUT2D eigenvalue weighted by Crippen LogP contribution is 2.15. The predicted octanol–water partition coefficient (Wildman–Crippen LogP) is 4.07. The number of nitrogens with one attached hydrogen (secondary N) is 1. The number of benzene rings is 1. The Labute approximate surface area is 116 Å². The largest absolute Gasteiger partial charge is 0.310 e. The van der Waals surface area contributed by atoms with Crippen LogP contribution >= 0.6 is 0 Å². The van der Waals surface area contributed by atoms with Crippen LogP contribution in [0.15, 0.2) is 30.3 Å². The van der Waals surface area contributed by atoms with E-state index in [2.05, 4.69) is 61.4 Å². The molecule has 0 spiro atoms. The van der Waals surface area contributed by atoms with E-state index in [0.29, 0.717) is 12.0 Å². The maximum absolute atomic E-state index is 4.53. The first kappa shape index (κ1) is 14.0. The number of fused-ring (bicyclic) bond motifs is 1. The molecule has 1 N–H and O–H groups in total. The molecule has 102 valence electrons.